The highest BCUT2D eigenvalue weighted by molar-refractivity contribution is 6.18. The summed E-state index contributed by atoms with van der Waals surface area (Å²) in [6.07, 6.45) is 3.49. The van der Waals surface area contributed by atoms with Crippen molar-refractivity contribution in [3.63, 3.8) is 0 Å². The van der Waals surface area contributed by atoms with Gasteiger partial charge < -0.3 is 9.84 Å². The topological polar surface area (TPSA) is 29.5 Å². The molecule has 4 heteroatoms. The van der Waals surface area contributed by atoms with Crippen LogP contribution in [0.25, 0.3) is 5.57 Å². The predicted octanol–water partition coefficient (Wildman–Crippen LogP) is 6.02. The van der Waals surface area contributed by atoms with Gasteiger partial charge in [-0.3, -0.25) is 0 Å². The Morgan fingerprint density at radius 2 is 1.68 bits per heavy atom. The van der Waals surface area contributed by atoms with Crippen LogP contribution < -0.4 is 4.74 Å². The SMILES string of the molecule is Oc1ccc(CC(=CCc2ccc(OCCCl)cc2)c2ccccc2)cc1F. The molecule has 0 unspecified atom stereocenters. The quantitative estimate of drug-likeness (QED) is 0.472. The van der Waals surface area contributed by atoms with Crippen LogP contribution in [0.1, 0.15) is 16.7 Å². The number of halogens is 2. The highest BCUT2D eigenvalue weighted by Gasteiger charge is 2.07. The molecule has 1 N–H and O–H groups in total. The molecule has 0 heterocycles. The molecule has 0 saturated heterocycles. The second-order valence-electron chi connectivity index (χ2n) is 6.44. The Bertz CT molecular complexity index is 921. The minimum Gasteiger partial charge on any atom is -0.505 e. The van der Waals surface area contributed by atoms with Gasteiger partial charge in [-0.05, 0) is 59.4 Å². The normalized spacial score (nSPS) is 11.4. The van der Waals surface area contributed by atoms with Crippen LogP contribution in [0.4, 0.5) is 4.39 Å². The third-order valence-electron chi connectivity index (χ3n) is 4.40. The molecular formula is C24H22ClFO2. The lowest BCUT2D eigenvalue weighted by molar-refractivity contribution is 0.342. The molecule has 28 heavy (non-hydrogen) atoms. The zero-order chi connectivity index (χ0) is 19.8. The van der Waals surface area contributed by atoms with Gasteiger partial charge in [0.05, 0.1) is 5.88 Å². The van der Waals surface area contributed by atoms with Gasteiger partial charge in [0, 0.05) is 0 Å². The third kappa shape index (κ3) is 5.61. The number of allylic oxidation sites excluding steroid dienone is 2. The maximum Gasteiger partial charge on any atom is 0.165 e. The lowest BCUT2D eigenvalue weighted by Gasteiger charge is -2.10. The van der Waals surface area contributed by atoms with Gasteiger partial charge in [-0.2, -0.15) is 0 Å². The fourth-order valence-electron chi connectivity index (χ4n) is 2.94. The Balaban J connectivity index is 1.79. The van der Waals surface area contributed by atoms with E-state index in [-0.39, 0.29) is 5.75 Å². The fraction of sp³-hybridized carbons (Fsp3) is 0.167. The van der Waals surface area contributed by atoms with Crippen molar-refractivity contribution in [1.29, 1.82) is 0 Å². The van der Waals surface area contributed by atoms with Gasteiger partial charge in [0.1, 0.15) is 12.4 Å². The van der Waals surface area contributed by atoms with E-state index in [0.717, 1.165) is 34.4 Å². The molecule has 0 fully saturated rings. The molecule has 3 aromatic carbocycles. The number of hydrogen-bond acceptors (Lipinski definition) is 2. The molecule has 0 atom stereocenters. The van der Waals surface area contributed by atoms with Crippen LogP contribution in [0.2, 0.25) is 0 Å². The second-order valence-corrected chi connectivity index (χ2v) is 6.82. The average molecular weight is 397 g/mol. The van der Waals surface area contributed by atoms with E-state index in [1.54, 1.807) is 6.07 Å². The molecule has 0 radical (unpaired) electrons. The standard InChI is InChI=1S/C24H22ClFO2/c25-14-15-28-22-11-7-18(8-12-22)6-10-21(20-4-2-1-3-5-20)16-19-9-13-24(27)23(26)17-19/h1-5,7-13,17,27H,6,14-16H2. The number of alkyl halides is 1. The van der Waals surface area contributed by atoms with Crippen LogP contribution in [0.5, 0.6) is 11.5 Å². The van der Waals surface area contributed by atoms with Gasteiger partial charge in [0.25, 0.3) is 0 Å². The first kappa shape index (κ1) is 20.0. The van der Waals surface area contributed by atoms with E-state index in [9.17, 15) is 9.50 Å². The lowest BCUT2D eigenvalue weighted by atomic mass is 9.96. The van der Waals surface area contributed by atoms with E-state index < -0.39 is 5.82 Å². The summed E-state index contributed by atoms with van der Waals surface area (Å²) in [5.74, 6) is 0.335. The summed E-state index contributed by atoms with van der Waals surface area (Å²) in [6.45, 7) is 0.488. The zero-order valence-electron chi connectivity index (χ0n) is 15.4. The molecule has 3 aromatic rings. The molecule has 0 saturated carbocycles. The maximum absolute atomic E-state index is 13.7. The van der Waals surface area contributed by atoms with Crippen molar-refractivity contribution < 1.29 is 14.2 Å². The van der Waals surface area contributed by atoms with Gasteiger partial charge >= 0.3 is 0 Å². The van der Waals surface area contributed by atoms with Gasteiger partial charge in [0.2, 0.25) is 0 Å². The Labute approximate surface area is 169 Å². The van der Waals surface area contributed by atoms with Crippen LogP contribution in [0.3, 0.4) is 0 Å². The molecule has 0 spiro atoms. The van der Waals surface area contributed by atoms with E-state index in [4.69, 9.17) is 16.3 Å². The van der Waals surface area contributed by atoms with E-state index in [1.165, 1.54) is 12.1 Å². The van der Waals surface area contributed by atoms with Crippen molar-refractivity contribution in [1.82, 2.24) is 0 Å². The summed E-state index contributed by atoms with van der Waals surface area (Å²) in [5.41, 5.74) is 4.17. The molecular weight excluding hydrogens is 375 g/mol. The average Bonchev–Trinajstić information content (AvgIpc) is 2.73. The van der Waals surface area contributed by atoms with E-state index in [2.05, 4.69) is 6.08 Å². The number of benzene rings is 3. The van der Waals surface area contributed by atoms with Crippen molar-refractivity contribution in [3.8, 4) is 11.5 Å². The Morgan fingerprint density at radius 1 is 0.964 bits per heavy atom. The summed E-state index contributed by atoms with van der Waals surface area (Å²) in [4.78, 5) is 0. The molecule has 0 aliphatic rings. The highest BCUT2D eigenvalue weighted by Crippen LogP contribution is 2.24. The number of hydrogen-bond donors (Lipinski definition) is 1. The minimum absolute atomic E-state index is 0.328. The first-order valence-electron chi connectivity index (χ1n) is 9.15. The van der Waals surface area contributed by atoms with Gasteiger partial charge in [0.15, 0.2) is 11.6 Å². The molecule has 144 valence electrons. The van der Waals surface area contributed by atoms with E-state index in [1.807, 2.05) is 54.6 Å². The molecule has 2 nitrogen and oxygen atoms in total. The number of phenols is 1. The second kappa shape index (κ2) is 9.95. The van der Waals surface area contributed by atoms with Crippen molar-refractivity contribution >= 4 is 17.2 Å². The molecule has 0 aliphatic carbocycles. The molecule has 3 rings (SSSR count). The van der Waals surface area contributed by atoms with E-state index >= 15 is 0 Å². The smallest absolute Gasteiger partial charge is 0.165 e. The summed E-state index contributed by atoms with van der Waals surface area (Å²) < 4.78 is 19.2. The van der Waals surface area contributed by atoms with Crippen molar-refractivity contribution in [2.75, 3.05) is 12.5 Å². The number of phenolic OH excluding ortho intramolecular Hbond substituents is 1. The molecule has 0 amide bonds. The molecule has 0 aliphatic heterocycles. The van der Waals surface area contributed by atoms with Gasteiger partial charge in [-0.15, -0.1) is 11.6 Å². The highest BCUT2D eigenvalue weighted by atomic mass is 35.5. The van der Waals surface area contributed by atoms with Gasteiger partial charge in [-0.1, -0.05) is 54.6 Å². The largest absolute Gasteiger partial charge is 0.505 e. The first-order chi connectivity index (χ1) is 13.7. The molecule has 0 aromatic heterocycles. The molecule has 0 bridgehead atoms. The van der Waals surface area contributed by atoms with Crippen LogP contribution in [0.15, 0.2) is 78.9 Å². The minimum atomic E-state index is -0.600. The Kier molecular flexibility index (Phi) is 7.10. The Hall–Kier alpha value is -2.78. The van der Waals surface area contributed by atoms with E-state index in [0.29, 0.717) is 18.9 Å². The number of rotatable bonds is 8. The lowest BCUT2D eigenvalue weighted by Crippen LogP contribution is -1.98. The summed E-state index contributed by atoms with van der Waals surface area (Å²) in [6, 6.07) is 22.5. The third-order valence-corrected chi connectivity index (χ3v) is 4.56. The van der Waals surface area contributed by atoms with Gasteiger partial charge in [-0.25, -0.2) is 4.39 Å². The number of aromatic hydroxyl groups is 1. The van der Waals surface area contributed by atoms with Crippen LogP contribution in [-0.4, -0.2) is 17.6 Å². The van der Waals surface area contributed by atoms with Crippen molar-refractivity contribution in [3.05, 3.63) is 101 Å². The predicted molar refractivity (Wildman–Crippen MR) is 113 cm³/mol. The fourth-order valence-corrected chi connectivity index (χ4v) is 3.02. The summed E-state index contributed by atoms with van der Waals surface area (Å²) >= 11 is 5.64. The zero-order valence-corrected chi connectivity index (χ0v) is 16.2. The van der Waals surface area contributed by atoms with Crippen LogP contribution in [-0.2, 0) is 12.8 Å². The maximum atomic E-state index is 13.7. The first-order valence-corrected chi connectivity index (χ1v) is 9.68. The summed E-state index contributed by atoms with van der Waals surface area (Å²) in [7, 11) is 0. The summed E-state index contributed by atoms with van der Waals surface area (Å²) in [5, 5.41) is 9.42. The van der Waals surface area contributed by atoms with Crippen molar-refractivity contribution in [2.24, 2.45) is 0 Å². The Morgan fingerprint density at radius 3 is 2.36 bits per heavy atom. The number of ether oxygens (including phenoxy) is 1. The monoisotopic (exact) mass is 396 g/mol. The van der Waals surface area contributed by atoms with Crippen LogP contribution in [0, 0.1) is 5.82 Å². The van der Waals surface area contributed by atoms with Crippen LogP contribution >= 0.6 is 11.6 Å². The van der Waals surface area contributed by atoms with Crippen molar-refractivity contribution in [2.45, 2.75) is 12.8 Å².